The van der Waals surface area contributed by atoms with Gasteiger partial charge in [0.2, 0.25) is 0 Å². The maximum Gasteiger partial charge on any atom is 0.195 e. The number of rotatable bonds is 2. The van der Waals surface area contributed by atoms with E-state index < -0.39 is 0 Å². The highest BCUT2D eigenvalue weighted by atomic mass is 16.1. The minimum atomic E-state index is 0.0346. The van der Waals surface area contributed by atoms with Crippen LogP contribution in [0.15, 0.2) is 48.9 Å². The van der Waals surface area contributed by atoms with Crippen LogP contribution in [0.2, 0.25) is 0 Å². The van der Waals surface area contributed by atoms with Crippen LogP contribution < -0.4 is 0 Å². The summed E-state index contributed by atoms with van der Waals surface area (Å²) in [6.45, 7) is 1.94. The number of carbonyl (C=O) groups is 1. The number of aryl methyl sites for hydroxylation is 1. The summed E-state index contributed by atoms with van der Waals surface area (Å²) in [4.78, 5) is 19.7. The van der Waals surface area contributed by atoms with Crippen LogP contribution in [-0.4, -0.2) is 15.8 Å². The molecular formula is C15H12N2O. The average molecular weight is 236 g/mol. The van der Waals surface area contributed by atoms with Crippen LogP contribution in [0.25, 0.3) is 10.9 Å². The van der Waals surface area contributed by atoms with Crippen molar-refractivity contribution in [1.82, 2.24) is 9.97 Å². The summed E-state index contributed by atoms with van der Waals surface area (Å²) >= 11 is 0. The minimum Gasteiger partial charge on any atom is -0.360 e. The molecule has 0 radical (unpaired) electrons. The minimum absolute atomic E-state index is 0.0346. The van der Waals surface area contributed by atoms with E-state index in [1.807, 2.05) is 37.3 Å². The number of carbonyl (C=O) groups excluding carboxylic acids is 1. The standard InChI is InChI=1S/C15H12N2O/c1-10-4-2-3-5-11(10)15(18)13-9-17-14-6-7-16-8-12(13)14/h2-9,17H,1H3. The van der Waals surface area contributed by atoms with E-state index >= 15 is 0 Å². The van der Waals surface area contributed by atoms with Crippen molar-refractivity contribution in [2.24, 2.45) is 0 Å². The first-order valence-electron chi connectivity index (χ1n) is 5.79. The Morgan fingerprint density at radius 1 is 1.17 bits per heavy atom. The highest BCUT2D eigenvalue weighted by Crippen LogP contribution is 2.21. The quantitative estimate of drug-likeness (QED) is 0.695. The zero-order valence-electron chi connectivity index (χ0n) is 9.97. The molecule has 2 aromatic heterocycles. The van der Waals surface area contributed by atoms with E-state index in [9.17, 15) is 4.79 Å². The van der Waals surface area contributed by atoms with Gasteiger partial charge in [-0.3, -0.25) is 9.78 Å². The Morgan fingerprint density at radius 3 is 2.83 bits per heavy atom. The van der Waals surface area contributed by atoms with Crippen molar-refractivity contribution in [1.29, 1.82) is 0 Å². The fourth-order valence-corrected chi connectivity index (χ4v) is 2.12. The van der Waals surface area contributed by atoms with Crippen molar-refractivity contribution < 1.29 is 4.79 Å². The number of hydrogen-bond donors (Lipinski definition) is 1. The molecule has 1 aromatic carbocycles. The lowest BCUT2D eigenvalue weighted by Crippen LogP contribution is -2.02. The van der Waals surface area contributed by atoms with E-state index in [1.165, 1.54) is 0 Å². The van der Waals surface area contributed by atoms with Crippen LogP contribution in [0.4, 0.5) is 0 Å². The number of H-pyrrole nitrogens is 1. The molecule has 0 unspecified atom stereocenters. The van der Waals surface area contributed by atoms with Crippen LogP contribution in [0.3, 0.4) is 0 Å². The van der Waals surface area contributed by atoms with Gasteiger partial charge in [-0.15, -0.1) is 0 Å². The first-order chi connectivity index (χ1) is 8.77. The molecule has 1 N–H and O–H groups in total. The number of benzene rings is 1. The zero-order chi connectivity index (χ0) is 12.5. The van der Waals surface area contributed by atoms with Crippen LogP contribution in [-0.2, 0) is 0 Å². The molecule has 18 heavy (non-hydrogen) atoms. The summed E-state index contributed by atoms with van der Waals surface area (Å²) in [5.41, 5.74) is 3.33. The van der Waals surface area contributed by atoms with Gasteiger partial charge in [0.05, 0.1) is 0 Å². The third-order valence-corrected chi connectivity index (χ3v) is 3.12. The third-order valence-electron chi connectivity index (χ3n) is 3.12. The molecular weight excluding hydrogens is 224 g/mol. The summed E-state index contributed by atoms with van der Waals surface area (Å²) in [6, 6.07) is 9.48. The number of nitrogens with one attached hydrogen (secondary N) is 1. The normalized spacial score (nSPS) is 10.7. The molecule has 3 rings (SSSR count). The molecule has 88 valence electrons. The van der Waals surface area contributed by atoms with Crippen LogP contribution in [0.1, 0.15) is 21.5 Å². The molecule has 0 bridgehead atoms. The fourth-order valence-electron chi connectivity index (χ4n) is 2.12. The molecule has 0 aliphatic heterocycles. The lowest BCUT2D eigenvalue weighted by atomic mass is 9.99. The van der Waals surface area contributed by atoms with Gasteiger partial charge in [0.15, 0.2) is 5.78 Å². The second kappa shape index (κ2) is 4.11. The Kier molecular flexibility index (Phi) is 2.45. The largest absolute Gasteiger partial charge is 0.360 e. The first kappa shape index (κ1) is 10.7. The number of hydrogen-bond acceptors (Lipinski definition) is 2. The third kappa shape index (κ3) is 1.61. The van der Waals surface area contributed by atoms with Gasteiger partial charge in [-0.2, -0.15) is 0 Å². The summed E-state index contributed by atoms with van der Waals surface area (Å²) in [6.07, 6.45) is 5.18. The number of fused-ring (bicyclic) bond motifs is 1. The monoisotopic (exact) mass is 236 g/mol. The molecule has 3 aromatic rings. The Bertz CT molecular complexity index is 728. The average Bonchev–Trinajstić information content (AvgIpc) is 2.82. The molecule has 0 fully saturated rings. The Hall–Kier alpha value is -2.42. The number of nitrogens with zero attached hydrogens (tertiary/aromatic N) is 1. The van der Waals surface area contributed by atoms with Crippen molar-refractivity contribution in [2.75, 3.05) is 0 Å². The van der Waals surface area contributed by atoms with Gasteiger partial charge >= 0.3 is 0 Å². The molecule has 0 saturated carbocycles. The summed E-state index contributed by atoms with van der Waals surface area (Å²) in [7, 11) is 0. The first-order valence-corrected chi connectivity index (χ1v) is 5.79. The molecule has 2 heterocycles. The van der Waals surface area contributed by atoms with Gasteiger partial charge in [-0.05, 0) is 18.6 Å². The van der Waals surface area contributed by atoms with Crippen molar-refractivity contribution in [3.05, 3.63) is 65.6 Å². The van der Waals surface area contributed by atoms with Crippen molar-refractivity contribution in [3.63, 3.8) is 0 Å². The Labute approximate surface area is 104 Å². The smallest absolute Gasteiger partial charge is 0.195 e. The molecule has 0 saturated heterocycles. The number of aromatic amines is 1. The van der Waals surface area contributed by atoms with Crippen molar-refractivity contribution >= 4 is 16.7 Å². The summed E-state index contributed by atoms with van der Waals surface area (Å²) in [5.74, 6) is 0.0346. The molecule has 3 nitrogen and oxygen atoms in total. The summed E-state index contributed by atoms with van der Waals surface area (Å²) in [5, 5.41) is 0.866. The maximum atomic E-state index is 12.5. The van der Waals surface area contributed by atoms with E-state index in [0.717, 1.165) is 22.0 Å². The second-order valence-electron chi connectivity index (χ2n) is 4.27. The zero-order valence-corrected chi connectivity index (χ0v) is 9.97. The van der Waals surface area contributed by atoms with E-state index in [-0.39, 0.29) is 5.78 Å². The predicted octanol–water partition coefficient (Wildman–Crippen LogP) is 3.10. The van der Waals surface area contributed by atoms with E-state index in [2.05, 4.69) is 9.97 Å². The lowest BCUT2D eigenvalue weighted by molar-refractivity contribution is 0.103. The topological polar surface area (TPSA) is 45.8 Å². The lowest BCUT2D eigenvalue weighted by Gasteiger charge is -2.03. The molecule has 0 aliphatic carbocycles. The van der Waals surface area contributed by atoms with Crippen molar-refractivity contribution in [2.45, 2.75) is 6.92 Å². The highest BCUT2D eigenvalue weighted by molar-refractivity contribution is 6.16. The Balaban J connectivity index is 2.16. The van der Waals surface area contributed by atoms with Gasteiger partial charge in [0.1, 0.15) is 0 Å². The molecule has 3 heteroatoms. The number of pyridine rings is 1. The second-order valence-corrected chi connectivity index (χ2v) is 4.27. The van der Waals surface area contributed by atoms with E-state index in [0.29, 0.717) is 5.56 Å². The van der Waals surface area contributed by atoms with Crippen molar-refractivity contribution in [3.8, 4) is 0 Å². The fraction of sp³-hybridized carbons (Fsp3) is 0.0667. The number of ketones is 1. The van der Waals surface area contributed by atoms with Crippen LogP contribution >= 0.6 is 0 Å². The molecule has 0 aliphatic rings. The molecule has 0 spiro atoms. The van der Waals surface area contributed by atoms with E-state index in [1.54, 1.807) is 18.6 Å². The SMILES string of the molecule is Cc1ccccc1C(=O)c1c[nH]c2ccncc12. The maximum absolute atomic E-state index is 12.5. The summed E-state index contributed by atoms with van der Waals surface area (Å²) < 4.78 is 0. The highest BCUT2D eigenvalue weighted by Gasteiger charge is 2.15. The van der Waals surface area contributed by atoms with Crippen LogP contribution in [0, 0.1) is 6.92 Å². The molecule has 0 amide bonds. The van der Waals surface area contributed by atoms with Gasteiger partial charge in [0.25, 0.3) is 0 Å². The van der Waals surface area contributed by atoms with E-state index in [4.69, 9.17) is 0 Å². The van der Waals surface area contributed by atoms with Gasteiger partial charge in [-0.25, -0.2) is 0 Å². The predicted molar refractivity (Wildman–Crippen MR) is 70.7 cm³/mol. The van der Waals surface area contributed by atoms with Gasteiger partial charge < -0.3 is 4.98 Å². The molecule has 0 atom stereocenters. The van der Waals surface area contributed by atoms with Gasteiger partial charge in [0, 0.05) is 40.6 Å². The Morgan fingerprint density at radius 2 is 2.00 bits per heavy atom. The van der Waals surface area contributed by atoms with Gasteiger partial charge in [-0.1, -0.05) is 24.3 Å². The number of aromatic nitrogens is 2. The van der Waals surface area contributed by atoms with Crippen LogP contribution in [0.5, 0.6) is 0 Å².